The minimum Gasteiger partial charge on any atom is -0.322 e. The van der Waals surface area contributed by atoms with Gasteiger partial charge in [0.15, 0.2) is 9.84 Å². The summed E-state index contributed by atoms with van der Waals surface area (Å²) >= 11 is 0. The molecule has 4 rings (SSSR count). The van der Waals surface area contributed by atoms with Gasteiger partial charge in [-0.15, -0.1) is 5.10 Å². The van der Waals surface area contributed by atoms with Crippen molar-refractivity contribution in [2.45, 2.75) is 13.5 Å². The van der Waals surface area contributed by atoms with Gasteiger partial charge in [-0.05, 0) is 48.9 Å². The molecule has 0 atom stereocenters. The average molecular weight is 426 g/mol. The van der Waals surface area contributed by atoms with E-state index in [9.17, 15) is 13.2 Å². The van der Waals surface area contributed by atoms with Gasteiger partial charge in [0.05, 0.1) is 29.1 Å². The van der Waals surface area contributed by atoms with Crippen LogP contribution in [0.5, 0.6) is 0 Å². The molecule has 0 saturated carbocycles. The van der Waals surface area contributed by atoms with Gasteiger partial charge in [-0.2, -0.15) is 0 Å². The van der Waals surface area contributed by atoms with Crippen molar-refractivity contribution in [2.24, 2.45) is 0 Å². The number of nitrogens with one attached hydrogen (secondary N) is 1. The second-order valence-electron chi connectivity index (χ2n) is 7.42. The number of hydrogen-bond donors (Lipinski definition) is 1. The first kappa shape index (κ1) is 20.2. The highest BCUT2D eigenvalue weighted by Crippen LogP contribution is 2.16. The van der Waals surface area contributed by atoms with Crippen molar-refractivity contribution in [1.82, 2.24) is 19.9 Å². The van der Waals surface area contributed by atoms with Crippen LogP contribution in [0.1, 0.15) is 21.6 Å². The Morgan fingerprint density at radius 2 is 1.83 bits per heavy atom. The summed E-state index contributed by atoms with van der Waals surface area (Å²) in [6, 6.07) is 14.8. The van der Waals surface area contributed by atoms with Gasteiger partial charge >= 0.3 is 0 Å². The first-order valence-electron chi connectivity index (χ1n) is 9.70. The molecule has 1 aromatic heterocycles. The van der Waals surface area contributed by atoms with Gasteiger partial charge in [-0.1, -0.05) is 17.3 Å². The highest BCUT2D eigenvalue weighted by atomic mass is 32.2. The third-order valence-corrected chi connectivity index (χ3v) is 6.73. The molecule has 1 fully saturated rings. The van der Waals surface area contributed by atoms with E-state index in [2.05, 4.69) is 20.5 Å². The Labute approximate surface area is 175 Å². The number of benzene rings is 2. The maximum Gasteiger partial charge on any atom is 0.255 e. The highest BCUT2D eigenvalue weighted by molar-refractivity contribution is 7.91. The first-order chi connectivity index (χ1) is 14.4. The molecule has 30 heavy (non-hydrogen) atoms. The maximum atomic E-state index is 12.7. The van der Waals surface area contributed by atoms with Crippen molar-refractivity contribution in [3.8, 4) is 5.69 Å². The molecule has 0 spiro atoms. The van der Waals surface area contributed by atoms with E-state index >= 15 is 0 Å². The number of aryl methyl sites for hydroxylation is 1. The number of carbonyl (C=O) groups is 1. The van der Waals surface area contributed by atoms with Gasteiger partial charge in [-0.3, -0.25) is 9.69 Å². The van der Waals surface area contributed by atoms with Crippen LogP contribution in [0.2, 0.25) is 0 Å². The minimum atomic E-state index is -2.90. The molecule has 1 aliphatic heterocycles. The van der Waals surface area contributed by atoms with E-state index in [1.807, 2.05) is 49.4 Å². The third kappa shape index (κ3) is 4.74. The number of hydrogen-bond acceptors (Lipinski definition) is 6. The number of aromatic nitrogens is 3. The van der Waals surface area contributed by atoms with Gasteiger partial charge in [0, 0.05) is 30.9 Å². The van der Waals surface area contributed by atoms with Crippen LogP contribution in [-0.2, 0) is 16.4 Å². The van der Waals surface area contributed by atoms with Crippen LogP contribution >= 0.6 is 0 Å². The molecule has 3 aromatic rings. The third-order valence-electron chi connectivity index (χ3n) is 5.12. The molecule has 0 radical (unpaired) electrons. The number of rotatable bonds is 5. The van der Waals surface area contributed by atoms with Crippen LogP contribution in [-0.4, -0.2) is 58.8 Å². The molecule has 0 aliphatic carbocycles. The van der Waals surface area contributed by atoms with Crippen LogP contribution in [0, 0.1) is 6.92 Å². The molecular weight excluding hydrogens is 402 g/mol. The Morgan fingerprint density at radius 1 is 1.10 bits per heavy atom. The maximum absolute atomic E-state index is 12.7. The summed E-state index contributed by atoms with van der Waals surface area (Å²) in [6.07, 6.45) is 1.69. The van der Waals surface area contributed by atoms with Crippen molar-refractivity contribution in [1.29, 1.82) is 0 Å². The summed E-state index contributed by atoms with van der Waals surface area (Å²) in [4.78, 5) is 14.8. The zero-order chi connectivity index (χ0) is 21.1. The monoisotopic (exact) mass is 425 g/mol. The van der Waals surface area contributed by atoms with Crippen molar-refractivity contribution < 1.29 is 13.2 Å². The molecule has 1 amide bonds. The lowest BCUT2D eigenvalue weighted by atomic mass is 10.1. The molecule has 8 nitrogen and oxygen atoms in total. The molecule has 156 valence electrons. The van der Waals surface area contributed by atoms with E-state index in [0.29, 0.717) is 30.9 Å². The Bertz CT molecular complexity index is 1140. The van der Waals surface area contributed by atoms with Crippen molar-refractivity contribution in [3.63, 3.8) is 0 Å². The lowest BCUT2D eigenvalue weighted by Gasteiger charge is -2.26. The summed E-state index contributed by atoms with van der Waals surface area (Å²) in [6.45, 7) is 3.60. The molecular formula is C21H23N5O3S. The van der Waals surface area contributed by atoms with Crippen molar-refractivity contribution in [3.05, 3.63) is 71.5 Å². The summed E-state index contributed by atoms with van der Waals surface area (Å²) < 4.78 is 24.9. The van der Waals surface area contributed by atoms with Gasteiger partial charge in [0.1, 0.15) is 0 Å². The lowest BCUT2D eigenvalue weighted by molar-refractivity contribution is 0.102. The van der Waals surface area contributed by atoms with Crippen LogP contribution in [0.3, 0.4) is 0 Å². The Balaban J connectivity index is 1.40. The van der Waals surface area contributed by atoms with E-state index in [4.69, 9.17) is 0 Å². The molecule has 2 heterocycles. The van der Waals surface area contributed by atoms with E-state index in [-0.39, 0.29) is 17.4 Å². The lowest BCUT2D eigenvalue weighted by Crippen LogP contribution is -2.39. The molecule has 0 unspecified atom stereocenters. The zero-order valence-corrected chi connectivity index (χ0v) is 17.5. The van der Waals surface area contributed by atoms with Gasteiger partial charge in [-0.25, -0.2) is 13.1 Å². The Morgan fingerprint density at radius 3 is 2.50 bits per heavy atom. The number of nitrogens with zero attached hydrogens (tertiary/aromatic N) is 4. The van der Waals surface area contributed by atoms with Crippen LogP contribution in [0.4, 0.5) is 5.69 Å². The summed E-state index contributed by atoms with van der Waals surface area (Å²) in [5, 5.41) is 10.8. The van der Waals surface area contributed by atoms with Crippen molar-refractivity contribution >= 4 is 21.4 Å². The summed E-state index contributed by atoms with van der Waals surface area (Å²) in [5.74, 6) is 0.192. The van der Waals surface area contributed by atoms with Crippen LogP contribution in [0.15, 0.2) is 54.7 Å². The molecule has 0 bridgehead atoms. The molecule has 2 aromatic carbocycles. The van der Waals surface area contributed by atoms with Gasteiger partial charge < -0.3 is 5.32 Å². The van der Waals surface area contributed by atoms with Gasteiger partial charge in [0.2, 0.25) is 0 Å². The van der Waals surface area contributed by atoms with E-state index in [0.717, 1.165) is 16.9 Å². The topological polar surface area (TPSA) is 97.2 Å². The average Bonchev–Trinajstić information content (AvgIpc) is 3.16. The van der Waals surface area contributed by atoms with Crippen molar-refractivity contribution in [2.75, 3.05) is 29.9 Å². The Kier molecular flexibility index (Phi) is 5.65. The molecule has 1 aliphatic rings. The smallest absolute Gasteiger partial charge is 0.255 e. The number of anilines is 1. The standard InChI is InChI=1S/C21H23N5O3S/c1-16-14-22-24-26(16)20-7-5-19(6-8-20)23-21(27)18-4-2-3-17(13-18)15-25-9-11-30(28,29)12-10-25/h2-8,13-14H,9-12,15H2,1H3,(H,23,27). The SMILES string of the molecule is Cc1cnnn1-c1ccc(NC(=O)c2cccc(CN3CCS(=O)(=O)CC3)c2)cc1. The number of sulfone groups is 1. The van der Waals surface area contributed by atoms with E-state index in [1.54, 1.807) is 16.9 Å². The quantitative estimate of drug-likeness (QED) is 0.672. The second-order valence-corrected chi connectivity index (χ2v) is 9.72. The predicted octanol–water partition coefficient (Wildman–Crippen LogP) is 2.06. The predicted molar refractivity (Wildman–Crippen MR) is 114 cm³/mol. The first-order valence-corrected chi connectivity index (χ1v) is 11.5. The molecule has 1 N–H and O–H groups in total. The normalized spacial score (nSPS) is 16.3. The van der Waals surface area contributed by atoms with E-state index < -0.39 is 9.84 Å². The van der Waals surface area contributed by atoms with Crippen LogP contribution < -0.4 is 5.32 Å². The molecule has 9 heteroatoms. The fourth-order valence-electron chi connectivity index (χ4n) is 3.41. The summed E-state index contributed by atoms with van der Waals surface area (Å²) in [5.41, 5.74) is 4.03. The van der Waals surface area contributed by atoms with Crippen LogP contribution in [0.25, 0.3) is 5.69 Å². The number of amides is 1. The van der Waals surface area contributed by atoms with Gasteiger partial charge in [0.25, 0.3) is 5.91 Å². The second kappa shape index (κ2) is 8.37. The Hall–Kier alpha value is -3.04. The number of carbonyl (C=O) groups excluding carboxylic acids is 1. The zero-order valence-electron chi connectivity index (χ0n) is 16.7. The fraction of sp³-hybridized carbons (Fsp3) is 0.286. The largest absolute Gasteiger partial charge is 0.322 e. The minimum absolute atomic E-state index is 0.192. The summed E-state index contributed by atoms with van der Waals surface area (Å²) in [7, 11) is -2.90. The fourth-order valence-corrected chi connectivity index (χ4v) is 4.69. The highest BCUT2D eigenvalue weighted by Gasteiger charge is 2.21. The molecule has 1 saturated heterocycles. The van der Waals surface area contributed by atoms with E-state index in [1.165, 1.54) is 0 Å².